The van der Waals surface area contributed by atoms with Crippen LogP contribution in [0, 0.1) is 0 Å². The van der Waals surface area contributed by atoms with E-state index in [0.29, 0.717) is 36.2 Å². The van der Waals surface area contributed by atoms with Crippen LogP contribution in [0.15, 0.2) is 49.1 Å². The summed E-state index contributed by atoms with van der Waals surface area (Å²) in [5, 5.41) is 3.90. The molecule has 0 radical (unpaired) electrons. The Hall–Kier alpha value is -1.88. The number of halogens is 2. The van der Waals surface area contributed by atoms with Crippen molar-refractivity contribution in [2.45, 2.75) is 13.1 Å². The van der Waals surface area contributed by atoms with Crippen LogP contribution in [-0.2, 0) is 13.1 Å². The zero-order valence-corrected chi connectivity index (χ0v) is 16.0. The monoisotopic (exact) mass is 383 g/mol. The fraction of sp³-hybridized carbons (Fsp3) is 0.263. The number of para-hydroxylation sites is 1. The van der Waals surface area contributed by atoms with Gasteiger partial charge in [0.1, 0.15) is 12.4 Å². The summed E-state index contributed by atoms with van der Waals surface area (Å²) < 4.78 is 16.3. The average Bonchev–Trinajstić information content (AvgIpc) is 2.60. The third-order valence-corrected chi connectivity index (χ3v) is 3.75. The van der Waals surface area contributed by atoms with Gasteiger partial charge < -0.3 is 19.5 Å². The minimum atomic E-state index is 0. The molecule has 0 atom stereocenters. The molecule has 0 saturated carbocycles. The first-order chi connectivity index (χ1) is 11.7. The number of hydrogen-bond acceptors (Lipinski definition) is 4. The molecule has 2 aromatic carbocycles. The van der Waals surface area contributed by atoms with Crippen molar-refractivity contribution in [3.8, 4) is 17.2 Å². The minimum absolute atomic E-state index is 0. The van der Waals surface area contributed by atoms with Gasteiger partial charge in [0.25, 0.3) is 0 Å². The van der Waals surface area contributed by atoms with Gasteiger partial charge in [0.05, 0.1) is 19.2 Å². The number of ether oxygens (including phenoxy) is 3. The van der Waals surface area contributed by atoms with Crippen LogP contribution in [-0.4, -0.2) is 20.8 Å². The highest BCUT2D eigenvalue weighted by Gasteiger charge is 2.12. The molecule has 0 saturated heterocycles. The Morgan fingerprint density at radius 3 is 2.48 bits per heavy atom. The van der Waals surface area contributed by atoms with E-state index in [-0.39, 0.29) is 12.4 Å². The number of benzene rings is 2. The maximum Gasteiger partial charge on any atom is 0.180 e. The lowest BCUT2D eigenvalue weighted by atomic mass is 10.1. The molecule has 0 bridgehead atoms. The molecule has 6 heteroatoms. The van der Waals surface area contributed by atoms with Gasteiger partial charge >= 0.3 is 0 Å². The van der Waals surface area contributed by atoms with Gasteiger partial charge in [-0.05, 0) is 23.8 Å². The van der Waals surface area contributed by atoms with E-state index < -0.39 is 0 Å². The lowest BCUT2D eigenvalue weighted by molar-refractivity contribution is 0.326. The SMILES string of the molecule is C=CCOc1c(Cl)cc(CNCc2ccccc2OC)cc1OC.Cl. The maximum atomic E-state index is 6.31. The molecule has 0 aliphatic rings. The standard InChI is InChI=1S/C19H22ClNO3.ClH/c1-4-9-24-19-16(20)10-14(11-18(19)23-3)12-21-13-15-7-5-6-8-17(15)22-2;/h4-8,10-11,21H,1,9,12-13H2,2-3H3;1H. The summed E-state index contributed by atoms with van der Waals surface area (Å²) in [6, 6.07) is 11.7. The molecule has 0 amide bonds. The van der Waals surface area contributed by atoms with Crippen molar-refractivity contribution in [2.75, 3.05) is 20.8 Å². The summed E-state index contributed by atoms with van der Waals surface area (Å²) in [6.45, 7) is 5.35. The van der Waals surface area contributed by atoms with Gasteiger partial charge in [-0.1, -0.05) is 42.5 Å². The summed E-state index contributed by atoms with van der Waals surface area (Å²) >= 11 is 6.31. The van der Waals surface area contributed by atoms with Crippen molar-refractivity contribution in [3.05, 3.63) is 65.2 Å². The molecular formula is C19H23Cl2NO3. The number of rotatable bonds is 9. The predicted molar refractivity (Wildman–Crippen MR) is 104 cm³/mol. The van der Waals surface area contributed by atoms with Gasteiger partial charge in [-0.25, -0.2) is 0 Å². The first kappa shape index (κ1) is 21.2. The third kappa shape index (κ3) is 5.85. The van der Waals surface area contributed by atoms with E-state index in [9.17, 15) is 0 Å². The Bertz CT molecular complexity index is 692. The molecule has 2 rings (SSSR count). The molecule has 0 spiro atoms. The van der Waals surface area contributed by atoms with Gasteiger partial charge in [-0.15, -0.1) is 12.4 Å². The van der Waals surface area contributed by atoms with Crippen molar-refractivity contribution in [2.24, 2.45) is 0 Å². The lowest BCUT2D eigenvalue weighted by Crippen LogP contribution is -2.13. The fourth-order valence-electron chi connectivity index (χ4n) is 2.35. The van der Waals surface area contributed by atoms with Crippen LogP contribution >= 0.6 is 24.0 Å². The highest BCUT2D eigenvalue weighted by molar-refractivity contribution is 6.32. The fourth-order valence-corrected chi connectivity index (χ4v) is 2.64. The second kappa shape index (κ2) is 10.9. The van der Waals surface area contributed by atoms with E-state index in [4.69, 9.17) is 25.8 Å². The van der Waals surface area contributed by atoms with Crippen LogP contribution in [0.1, 0.15) is 11.1 Å². The lowest BCUT2D eigenvalue weighted by Gasteiger charge is -2.14. The van der Waals surface area contributed by atoms with Gasteiger partial charge in [-0.2, -0.15) is 0 Å². The van der Waals surface area contributed by atoms with E-state index in [0.717, 1.165) is 16.9 Å². The largest absolute Gasteiger partial charge is 0.496 e. The first-order valence-electron chi connectivity index (χ1n) is 7.62. The summed E-state index contributed by atoms with van der Waals surface area (Å²) in [7, 11) is 3.27. The highest BCUT2D eigenvalue weighted by atomic mass is 35.5. The van der Waals surface area contributed by atoms with Crippen LogP contribution in [0.5, 0.6) is 17.2 Å². The normalized spacial score (nSPS) is 9.88. The van der Waals surface area contributed by atoms with E-state index in [1.807, 2.05) is 36.4 Å². The maximum absolute atomic E-state index is 6.31. The molecule has 1 N–H and O–H groups in total. The Labute approximate surface area is 160 Å². The molecule has 0 aliphatic heterocycles. The number of nitrogens with one attached hydrogen (secondary N) is 1. The van der Waals surface area contributed by atoms with E-state index in [2.05, 4.69) is 11.9 Å². The highest BCUT2D eigenvalue weighted by Crippen LogP contribution is 2.36. The molecule has 0 heterocycles. The average molecular weight is 384 g/mol. The molecule has 0 aliphatic carbocycles. The van der Waals surface area contributed by atoms with Gasteiger partial charge in [-0.3, -0.25) is 0 Å². The van der Waals surface area contributed by atoms with Crippen LogP contribution in [0.3, 0.4) is 0 Å². The molecule has 2 aromatic rings. The van der Waals surface area contributed by atoms with Crippen LogP contribution in [0.25, 0.3) is 0 Å². The molecule has 0 unspecified atom stereocenters. The molecule has 0 fully saturated rings. The third-order valence-electron chi connectivity index (χ3n) is 3.47. The van der Waals surface area contributed by atoms with Crippen molar-refractivity contribution >= 4 is 24.0 Å². The Morgan fingerprint density at radius 2 is 1.80 bits per heavy atom. The topological polar surface area (TPSA) is 39.7 Å². The second-order valence-electron chi connectivity index (χ2n) is 5.12. The molecule has 25 heavy (non-hydrogen) atoms. The van der Waals surface area contributed by atoms with Crippen molar-refractivity contribution in [1.29, 1.82) is 0 Å². The Balaban J connectivity index is 0.00000312. The first-order valence-corrected chi connectivity index (χ1v) is 8.00. The second-order valence-corrected chi connectivity index (χ2v) is 5.53. The smallest absolute Gasteiger partial charge is 0.180 e. The molecule has 0 aromatic heterocycles. The van der Waals surface area contributed by atoms with Crippen LogP contribution < -0.4 is 19.5 Å². The van der Waals surface area contributed by atoms with Crippen LogP contribution in [0.2, 0.25) is 5.02 Å². The number of methoxy groups -OCH3 is 2. The Morgan fingerprint density at radius 1 is 1.08 bits per heavy atom. The van der Waals surface area contributed by atoms with Gasteiger partial charge in [0, 0.05) is 18.7 Å². The summed E-state index contributed by atoms with van der Waals surface area (Å²) in [4.78, 5) is 0. The van der Waals surface area contributed by atoms with E-state index >= 15 is 0 Å². The minimum Gasteiger partial charge on any atom is -0.496 e. The van der Waals surface area contributed by atoms with Crippen LogP contribution in [0.4, 0.5) is 0 Å². The van der Waals surface area contributed by atoms with E-state index in [1.165, 1.54) is 0 Å². The molecule has 136 valence electrons. The van der Waals surface area contributed by atoms with Gasteiger partial charge in [0.15, 0.2) is 11.5 Å². The van der Waals surface area contributed by atoms with Crippen molar-refractivity contribution < 1.29 is 14.2 Å². The summed E-state index contributed by atoms with van der Waals surface area (Å²) in [6.07, 6.45) is 1.67. The predicted octanol–water partition coefficient (Wildman–Crippen LogP) is 4.63. The van der Waals surface area contributed by atoms with Crippen molar-refractivity contribution in [3.63, 3.8) is 0 Å². The van der Waals surface area contributed by atoms with E-state index in [1.54, 1.807) is 20.3 Å². The molecule has 4 nitrogen and oxygen atoms in total. The summed E-state index contributed by atoms with van der Waals surface area (Å²) in [5.74, 6) is 2.01. The quantitative estimate of drug-likeness (QED) is 0.640. The summed E-state index contributed by atoms with van der Waals surface area (Å²) in [5.41, 5.74) is 2.11. The van der Waals surface area contributed by atoms with Gasteiger partial charge in [0.2, 0.25) is 0 Å². The number of hydrogen-bond donors (Lipinski definition) is 1. The zero-order valence-electron chi connectivity index (χ0n) is 14.4. The van der Waals surface area contributed by atoms with Crippen molar-refractivity contribution in [1.82, 2.24) is 5.32 Å². The zero-order chi connectivity index (χ0) is 17.4. The Kier molecular flexibility index (Phi) is 9.21. The molecular weight excluding hydrogens is 361 g/mol.